The summed E-state index contributed by atoms with van der Waals surface area (Å²) >= 11 is 0. The molecule has 104 valence electrons. The van der Waals surface area contributed by atoms with Crippen molar-refractivity contribution in [3.8, 4) is 0 Å². The summed E-state index contributed by atoms with van der Waals surface area (Å²) in [6.07, 6.45) is 0. The highest BCUT2D eigenvalue weighted by Crippen LogP contribution is 2.15. The van der Waals surface area contributed by atoms with Gasteiger partial charge in [-0.3, -0.25) is 0 Å². The fourth-order valence-corrected chi connectivity index (χ4v) is 2.24. The van der Waals surface area contributed by atoms with E-state index in [1.165, 1.54) is 0 Å². The third-order valence-corrected chi connectivity index (χ3v) is 3.13. The zero-order valence-corrected chi connectivity index (χ0v) is 12.1. The molecule has 0 radical (unpaired) electrons. The molecular formula is C17H20N2O. The van der Waals surface area contributed by atoms with Gasteiger partial charge < -0.3 is 10.6 Å². The van der Waals surface area contributed by atoms with Crippen LogP contribution in [0.4, 0.5) is 10.5 Å². The van der Waals surface area contributed by atoms with Crippen LogP contribution >= 0.6 is 0 Å². The highest BCUT2D eigenvalue weighted by atomic mass is 16.2. The van der Waals surface area contributed by atoms with Gasteiger partial charge in [-0.25, -0.2) is 4.79 Å². The number of aryl methyl sites for hydroxylation is 2. The number of carbonyl (C=O) groups excluding carboxylic acids is 1. The van der Waals surface area contributed by atoms with Crippen molar-refractivity contribution in [2.75, 3.05) is 5.32 Å². The molecule has 1 atom stereocenters. The van der Waals surface area contributed by atoms with Crippen LogP contribution in [0.1, 0.15) is 29.7 Å². The lowest BCUT2D eigenvalue weighted by molar-refractivity contribution is 0.249. The fourth-order valence-electron chi connectivity index (χ4n) is 2.24. The molecule has 20 heavy (non-hydrogen) atoms. The summed E-state index contributed by atoms with van der Waals surface area (Å²) in [6.45, 7) is 6.00. The largest absolute Gasteiger partial charge is 0.331 e. The first kappa shape index (κ1) is 14.1. The Balaban J connectivity index is 1.99. The van der Waals surface area contributed by atoms with Gasteiger partial charge in [0.2, 0.25) is 0 Å². The van der Waals surface area contributed by atoms with E-state index in [4.69, 9.17) is 0 Å². The SMILES string of the molecule is Cc1cc(C)cc(NC(=O)NC(C)c2ccccc2)c1. The van der Waals surface area contributed by atoms with Crippen LogP contribution < -0.4 is 10.6 Å². The van der Waals surface area contributed by atoms with Crippen LogP contribution in [0.3, 0.4) is 0 Å². The van der Waals surface area contributed by atoms with Crippen LogP contribution in [0.25, 0.3) is 0 Å². The smallest absolute Gasteiger partial charge is 0.319 e. The van der Waals surface area contributed by atoms with E-state index in [-0.39, 0.29) is 12.1 Å². The maximum absolute atomic E-state index is 12.0. The van der Waals surface area contributed by atoms with Gasteiger partial charge in [-0.15, -0.1) is 0 Å². The number of carbonyl (C=O) groups is 1. The van der Waals surface area contributed by atoms with Crippen LogP contribution in [-0.2, 0) is 0 Å². The van der Waals surface area contributed by atoms with Gasteiger partial charge in [-0.05, 0) is 49.6 Å². The van der Waals surface area contributed by atoms with Gasteiger partial charge >= 0.3 is 6.03 Å². The zero-order valence-electron chi connectivity index (χ0n) is 12.1. The normalized spacial score (nSPS) is 11.8. The molecule has 2 N–H and O–H groups in total. The third kappa shape index (κ3) is 3.85. The number of hydrogen-bond donors (Lipinski definition) is 2. The standard InChI is InChI=1S/C17H20N2O/c1-12-9-13(2)11-16(10-12)19-17(20)18-14(3)15-7-5-4-6-8-15/h4-11,14H,1-3H3,(H2,18,19,20). The van der Waals surface area contributed by atoms with Gasteiger partial charge in [-0.2, -0.15) is 0 Å². The van der Waals surface area contributed by atoms with Crippen molar-refractivity contribution < 1.29 is 4.79 Å². The van der Waals surface area contributed by atoms with E-state index >= 15 is 0 Å². The van der Waals surface area contributed by atoms with Gasteiger partial charge in [0, 0.05) is 5.69 Å². The second-order valence-electron chi connectivity index (χ2n) is 5.11. The molecule has 2 amide bonds. The fraction of sp³-hybridized carbons (Fsp3) is 0.235. The van der Waals surface area contributed by atoms with Gasteiger partial charge in [0.15, 0.2) is 0 Å². The Hall–Kier alpha value is -2.29. The Morgan fingerprint density at radius 1 is 1.00 bits per heavy atom. The first-order chi connectivity index (χ1) is 9.54. The molecule has 0 spiro atoms. The van der Waals surface area contributed by atoms with E-state index in [2.05, 4.69) is 16.7 Å². The number of benzene rings is 2. The summed E-state index contributed by atoms with van der Waals surface area (Å²) in [7, 11) is 0. The molecule has 0 aliphatic heterocycles. The van der Waals surface area contributed by atoms with E-state index in [1.807, 2.05) is 63.2 Å². The number of anilines is 1. The molecule has 0 aliphatic rings. The second kappa shape index (κ2) is 6.24. The van der Waals surface area contributed by atoms with E-state index in [0.717, 1.165) is 22.4 Å². The van der Waals surface area contributed by atoms with E-state index in [0.29, 0.717) is 0 Å². The second-order valence-corrected chi connectivity index (χ2v) is 5.11. The summed E-state index contributed by atoms with van der Waals surface area (Å²) in [4.78, 5) is 12.0. The molecule has 3 nitrogen and oxygen atoms in total. The average Bonchev–Trinajstić information content (AvgIpc) is 2.38. The van der Waals surface area contributed by atoms with Crippen molar-refractivity contribution in [1.82, 2.24) is 5.32 Å². The lowest BCUT2D eigenvalue weighted by Gasteiger charge is -2.15. The summed E-state index contributed by atoms with van der Waals surface area (Å²) in [5.41, 5.74) is 4.18. The number of nitrogens with one attached hydrogen (secondary N) is 2. The Labute approximate surface area is 120 Å². The quantitative estimate of drug-likeness (QED) is 0.861. The van der Waals surface area contributed by atoms with Crippen LogP contribution in [0.5, 0.6) is 0 Å². The molecule has 0 aromatic heterocycles. The molecular weight excluding hydrogens is 248 g/mol. The van der Waals surface area contributed by atoms with E-state index in [9.17, 15) is 4.79 Å². The molecule has 0 fully saturated rings. The molecule has 0 heterocycles. The molecule has 2 aromatic rings. The van der Waals surface area contributed by atoms with Crippen LogP contribution in [-0.4, -0.2) is 6.03 Å². The Bertz CT molecular complexity index is 573. The van der Waals surface area contributed by atoms with Crippen molar-refractivity contribution in [3.63, 3.8) is 0 Å². The summed E-state index contributed by atoms with van der Waals surface area (Å²) < 4.78 is 0. The predicted molar refractivity (Wildman–Crippen MR) is 82.9 cm³/mol. The van der Waals surface area contributed by atoms with Gasteiger partial charge in [0.1, 0.15) is 0 Å². The topological polar surface area (TPSA) is 41.1 Å². The van der Waals surface area contributed by atoms with Crippen molar-refractivity contribution in [3.05, 3.63) is 65.2 Å². The number of hydrogen-bond acceptors (Lipinski definition) is 1. The lowest BCUT2D eigenvalue weighted by Crippen LogP contribution is -2.31. The molecule has 2 rings (SSSR count). The minimum atomic E-state index is -0.189. The van der Waals surface area contributed by atoms with Gasteiger partial charge in [-0.1, -0.05) is 36.4 Å². The molecule has 0 aliphatic carbocycles. The van der Waals surface area contributed by atoms with Gasteiger partial charge in [0.05, 0.1) is 6.04 Å². The van der Waals surface area contributed by atoms with Crippen molar-refractivity contribution >= 4 is 11.7 Å². The van der Waals surface area contributed by atoms with Crippen molar-refractivity contribution in [2.45, 2.75) is 26.8 Å². The first-order valence-corrected chi connectivity index (χ1v) is 6.75. The molecule has 1 unspecified atom stereocenters. The third-order valence-electron chi connectivity index (χ3n) is 3.13. The summed E-state index contributed by atoms with van der Waals surface area (Å²) in [5, 5.41) is 5.81. The predicted octanol–water partition coefficient (Wildman–Crippen LogP) is 4.19. The summed E-state index contributed by atoms with van der Waals surface area (Å²) in [5.74, 6) is 0. The summed E-state index contributed by atoms with van der Waals surface area (Å²) in [6, 6.07) is 15.7. The maximum atomic E-state index is 12.0. The van der Waals surface area contributed by atoms with Gasteiger partial charge in [0.25, 0.3) is 0 Å². The maximum Gasteiger partial charge on any atom is 0.319 e. The van der Waals surface area contributed by atoms with Crippen molar-refractivity contribution in [2.24, 2.45) is 0 Å². The number of amides is 2. The Morgan fingerprint density at radius 3 is 2.20 bits per heavy atom. The highest BCUT2D eigenvalue weighted by Gasteiger charge is 2.09. The monoisotopic (exact) mass is 268 g/mol. The lowest BCUT2D eigenvalue weighted by atomic mass is 10.1. The average molecular weight is 268 g/mol. The van der Waals surface area contributed by atoms with Crippen LogP contribution in [0.15, 0.2) is 48.5 Å². The molecule has 0 bridgehead atoms. The molecule has 2 aromatic carbocycles. The Morgan fingerprint density at radius 2 is 1.60 bits per heavy atom. The Kier molecular flexibility index (Phi) is 4.41. The zero-order chi connectivity index (χ0) is 14.5. The van der Waals surface area contributed by atoms with Crippen molar-refractivity contribution in [1.29, 1.82) is 0 Å². The minimum Gasteiger partial charge on any atom is -0.331 e. The minimum absolute atomic E-state index is 0.0258. The molecule has 0 saturated heterocycles. The first-order valence-electron chi connectivity index (χ1n) is 6.75. The molecule has 0 saturated carbocycles. The number of urea groups is 1. The van der Waals surface area contributed by atoms with Crippen LogP contribution in [0.2, 0.25) is 0 Å². The van der Waals surface area contributed by atoms with E-state index < -0.39 is 0 Å². The van der Waals surface area contributed by atoms with Crippen LogP contribution in [0, 0.1) is 13.8 Å². The van der Waals surface area contributed by atoms with E-state index in [1.54, 1.807) is 0 Å². The number of rotatable bonds is 3. The molecule has 3 heteroatoms. The highest BCUT2D eigenvalue weighted by molar-refractivity contribution is 5.89.